The molecular formula is C12H26NO-. The quantitative estimate of drug-likeness (QED) is 0.404. The van der Waals surface area contributed by atoms with Crippen LogP contribution in [0, 0.1) is 5.21 Å². The summed E-state index contributed by atoms with van der Waals surface area (Å²) in [6.45, 7) is 2.89. The SMILES string of the molecule is CCCCCCCCCCCCN[O-]. The highest BCUT2D eigenvalue weighted by Gasteiger charge is 1.91. The van der Waals surface area contributed by atoms with Crippen LogP contribution in [0.2, 0.25) is 0 Å². The monoisotopic (exact) mass is 200 g/mol. The molecule has 0 saturated carbocycles. The van der Waals surface area contributed by atoms with Gasteiger partial charge in [0.2, 0.25) is 0 Å². The Morgan fingerprint density at radius 3 is 1.57 bits per heavy atom. The minimum Gasteiger partial charge on any atom is -0.788 e. The summed E-state index contributed by atoms with van der Waals surface area (Å²) in [6, 6.07) is 0. The molecule has 86 valence electrons. The highest BCUT2D eigenvalue weighted by molar-refractivity contribution is 4.49. The van der Waals surface area contributed by atoms with E-state index in [2.05, 4.69) is 6.92 Å². The molecule has 0 rings (SSSR count). The molecule has 0 fully saturated rings. The average molecular weight is 200 g/mol. The minimum absolute atomic E-state index is 0.635. The lowest BCUT2D eigenvalue weighted by Gasteiger charge is -2.06. The summed E-state index contributed by atoms with van der Waals surface area (Å²) < 4.78 is 0. The molecular weight excluding hydrogens is 174 g/mol. The van der Waals surface area contributed by atoms with Crippen molar-refractivity contribution in [3.05, 3.63) is 5.21 Å². The normalized spacial score (nSPS) is 10.7. The first-order chi connectivity index (χ1) is 6.91. The highest BCUT2D eigenvalue weighted by atomic mass is 16.5. The molecule has 2 heteroatoms. The molecule has 0 radical (unpaired) electrons. The zero-order valence-electron chi connectivity index (χ0n) is 9.69. The largest absolute Gasteiger partial charge is 0.788 e. The first-order valence-corrected chi connectivity index (χ1v) is 6.26. The van der Waals surface area contributed by atoms with Crippen molar-refractivity contribution in [1.82, 2.24) is 5.48 Å². The van der Waals surface area contributed by atoms with Gasteiger partial charge in [-0.05, 0) is 13.0 Å². The third kappa shape index (κ3) is 11.9. The van der Waals surface area contributed by atoms with Crippen LogP contribution in [0.15, 0.2) is 0 Å². The number of unbranched alkanes of at least 4 members (excludes halogenated alkanes) is 9. The first-order valence-electron chi connectivity index (χ1n) is 6.26. The molecule has 0 heterocycles. The molecule has 0 spiro atoms. The first kappa shape index (κ1) is 13.9. The zero-order chi connectivity index (χ0) is 10.5. The Morgan fingerprint density at radius 2 is 1.14 bits per heavy atom. The Balaban J connectivity index is 2.78. The Kier molecular flexibility index (Phi) is 12.8. The van der Waals surface area contributed by atoms with Crippen molar-refractivity contribution in [3.8, 4) is 0 Å². The molecule has 0 aliphatic heterocycles. The maximum Gasteiger partial charge on any atom is -0.0170 e. The summed E-state index contributed by atoms with van der Waals surface area (Å²) >= 11 is 0. The van der Waals surface area contributed by atoms with Gasteiger partial charge < -0.3 is 10.7 Å². The fourth-order valence-electron chi connectivity index (χ4n) is 1.68. The summed E-state index contributed by atoms with van der Waals surface area (Å²) in [4.78, 5) is 0. The van der Waals surface area contributed by atoms with Crippen molar-refractivity contribution in [2.75, 3.05) is 6.54 Å². The van der Waals surface area contributed by atoms with Gasteiger partial charge in [0, 0.05) is 0 Å². The van der Waals surface area contributed by atoms with E-state index in [0.29, 0.717) is 6.54 Å². The molecule has 0 bridgehead atoms. The molecule has 0 aliphatic rings. The van der Waals surface area contributed by atoms with Crippen LogP contribution in [-0.2, 0) is 0 Å². The third-order valence-corrected chi connectivity index (χ3v) is 2.63. The predicted molar refractivity (Wildman–Crippen MR) is 63.2 cm³/mol. The van der Waals surface area contributed by atoms with Gasteiger partial charge in [0.15, 0.2) is 0 Å². The fourth-order valence-corrected chi connectivity index (χ4v) is 1.68. The summed E-state index contributed by atoms with van der Waals surface area (Å²) in [5.41, 5.74) is 1.94. The van der Waals surface area contributed by atoms with Crippen LogP contribution in [0.5, 0.6) is 0 Å². The molecule has 0 saturated heterocycles. The van der Waals surface area contributed by atoms with Gasteiger partial charge in [-0.25, -0.2) is 0 Å². The van der Waals surface area contributed by atoms with Gasteiger partial charge >= 0.3 is 0 Å². The van der Waals surface area contributed by atoms with Crippen molar-refractivity contribution in [2.24, 2.45) is 0 Å². The van der Waals surface area contributed by atoms with Crippen molar-refractivity contribution >= 4 is 0 Å². The van der Waals surface area contributed by atoms with Crippen molar-refractivity contribution in [3.63, 3.8) is 0 Å². The second-order valence-electron chi connectivity index (χ2n) is 4.08. The Bertz CT molecular complexity index is 84.3. The molecule has 0 aromatic carbocycles. The lowest BCUT2D eigenvalue weighted by atomic mass is 10.1. The smallest absolute Gasteiger partial charge is 0.0170 e. The van der Waals surface area contributed by atoms with Crippen LogP contribution in [0.4, 0.5) is 0 Å². The van der Waals surface area contributed by atoms with Crippen molar-refractivity contribution in [2.45, 2.75) is 71.1 Å². The molecule has 0 amide bonds. The van der Waals surface area contributed by atoms with E-state index in [4.69, 9.17) is 0 Å². The molecule has 0 aromatic heterocycles. The van der Waals surface area contributed by atoms with E-state index in [0.717, 1.165) is 6.42 Å². The highest BCUT2D eigenvalue weighted by Crippen LogP contribution is 2.09. The summed E-state index contributed by atoms with van der Waals surface area (Å²) in [7, 11) is 0. The number of hydrogen-bond acceptors (Lipinski definition) is 2. The number of hydrogen-bond donors (Lipinski definition) is 1. The average Bonchev–Trinajstić information content (AvgIpc) is 2.21. The fraction of sp³-hybridized carbons (Fsp3) is 1.00. The molecule has 14 heavy (non-hydrogen) atoms. The number of rotatable bonds is 11. The van der Waals surface area contributed by atoms with E-state index in [9.17, 15) is 5.21 Å². The summed E-state index contributed by atoms with van der Waals surface area (Å²) in [5.74, 6) is 0. The van der Waals surface area contributed by atoms with E-state index in [1.165, 1.54) is 57.8 Å². The van der Waals surface area contributed by atoms with Crippen molar-refractivity contribution < 1.29 is 0 Å². The number of hydroxylamine groups is 1. The van der Waals surface area contributed by atoms with E-state index in [1.807, 2.05) is 5.48 Å². The van der Waals surface area contributed by atoms with Crippen molar-refractivity contribution in [1.29, 1.82) is 0 Å². The van der Waals surface area contributed by atoms with Crippen LogP contribution in [-0.4, -0.2) is 6.54 Å². The van der Waals surface area contributed by atoms with Gasteiger partial charge in [-0.1, -0.05) is 64.7 Å². The molecule has 0 aromatic rings. The summed E-state index contributed by atoms with van der Waals surface area (Å²) in [5, 5.41) is 9.92. The van der Waals surface area contributed by atoms with Crippen LogP contribution in [0.3, 0.4) is 0 Å². The molecule has 2 nitrogen and oxygen atoms in total. The minimum atomic E-state index is 0.635. The van der Waals surface area contributed by atoms with E-state index >= 15 is 0 Å². The molecule has 1 N–H and O–H groups in total. The van der Waals surface area contributed by atoms with Gasteiger partial charge in [-0.3, -0.25) is 0 Å². The Labute approximate surface area is 89.1 Å². The van der Waals surface area contributed by atoms with E-state index in [-0.39, 0.29) is 0 Å². The second-order valence-corrected chi connectivity index (χ2v) is 4.08. The Hall–Kier alpha value is -0.0800. The van der Waals surface area contributed by atoms with Gasteiger partial charge in [0.05, 0.1) is 0 Å². The molecule has 0 unspecified atom stereocenters. The van der Waals surface area contributed by atoms with E-state index in [1.54, 1.807) is 0 Å². The number of nitrogens with one attached hydrogen (secondary N) is 1. The van der Waals surface area contributed by atoms with Gasteiger partial charge in [-0.15, -0.1) is 0 Å². The maximum atomic E-state index is 9.92. The maximum absolute atomic E-state index is 9.92. The van der Waals surface area contributed by atoms with Gasteiger partial charge in [0.1, 0.15) is 0 Å². The van der Waals surface area contributed by atoms with Crippen LogP contribution in [0.25, 0.3) is 0 Å². The van der Waals surface area contributed by atoms with Gasteiger partial charge in [-0.2, -0.15) is 0 Å². The third-order valence-electron chi connectivity index (χ3n) is 2.63. The standard InChI is InChI=1S/C12H26NO/c1-2-3-4-5-6-7-8-9-10-11-12-13-14/h13H,2-12H2,1H3/q-1. The lowest BCUT2D eigenvalue weighted by molar-refractivity contribution is 0.553. The van der Waals surface area contributed by atoms with Crippen LogP contribution < -0.4 is 5.48 Å². The molecule has 0 atom stereocenters. The van der Waals surface area contributed by atoms with E-state index < -0.39 is 0 Å². The second kappa shape index (κ2) is 12.9. The lowest BCUT2D eigenvalue weighted by Crippen LogP contribution is -2.04. The van der Waals surface area contributed by atoms with Crippen LogP contribution >= 0.6 is 0 Å². The summed E-state index contributed by atoms with van der Waals surface area (Å²) in [6.07, 6.45) is 13.3. The molecule has 0 aliphatic carbocycles. The zero-order valence-corrected chi connectivity index (χ0v) is 9.69. The van der Waals surface area contributed by atoms with Crippen LogP contribution in [0.1, 0.15) is 71.1 Å². The predicted octanol–water partition coefficient (Wildman–Crippen LogP) is 3.99. The Morgan fingerprint density at radius 1 is 0.714 bits per heavy atom. The topological polar surface area (TPSA) is 35.1 Å². The van der Waals surface area contributed by atoms with Gasteiger partial charge in [0.25, 0.3) is 0 Å².